The molecule has 2 aliphatic heterocycles. The summed E-state index contributed by atoms with van der Waals surface area (Å²) in [5.74, 6) is 0.642. The fourth-order valence-electron chi connectivity index (χ4n) is 3.64. The van der Waals surface area contributed by atoms with Crippen LogP contribution in [-0.4, -0.2) is 22.6 Å². The number of thioether (sulfide) groups is 1. The van der Waals surface area contributed by atoms with Gasteiger partial charge in [-0.05, 0) is 43.8 Å². The topological polar surface area (TPSA) is 104 Å². The lowest BCUT2D eigenvalue weighted by atomic mass is 9.93. The number of ether oxygens (including phenoxy) is 1. The maximum atomic E-state index is 13.4. The maximum Gasteiger partial charge on any atom is 0.255 e. The second-order valence-corrected chi connectivity index (χ2v) is 7.86. The quantitative estimate of drug-likeness (QED) is 0.738. The zero-order valence-corrected chi connectivity index (χ0v) is 17.9. The van der Waals surface area contributed by atoms with Crippen LogP contribution in [0.15, 0.2) is 81.6 Å². The number of hydrogen-bond acceptors (Lipinski definition) is 7. The number of anilines is 1. The number of carbonyl (C=O) groups is 1. The van der Waals surface area contributed by atoms with E-state index in [0.29, 0.717) is 39.4 Å². The summed E-state index contributed by atoms with van der Waals surface area (Å²) in [7, 11) is 0. The average molecular weight is 432 g/mol. The number of nitrogens with one attached hydrogen (secondary N) is 1. The van der Waals surface area contributed by atoms with Gasteiger partial charge in [0.15, 0.2) is 5.17 Å². The largest absolute Gasteiger partial charge is 0.494 e. The number of amidine groups is 1. The molecule has 0 fully saturated rings. The number of carbonyl (C=O) groups excluding carboxylic acids is 1. The van der Waals surface area contributed by atoms with Gasteiger partial charge in [-0.15, -0.1) is 0 Å². The van der Waals surface area contributed by atoms with Gasteiger partial charge >= 0.3 is 0 Å². The predicted octanol–water partition coefficient (Wildman–Crippen LogP) is 4.11. The van der Waals surface area contributed by atoms with Gasteiger partial charge in [-0.25, -0.2) is 4.99 Å². The summed E-state index contributed by atoms with van der Waals surface area (Å²) in [5, 5.41) is 13.0. The van der Waals surface area contributed by atoms with E-state index in [4.69, 9.17) is 10.5 Å². The van der Waals surface area contributed by atoms with Crippen molar-refractivity contribution in [3.63, 3.8) is 0 Å². The Morgan fingerprint density at radius 3 is 2.68 bits per heavy atom. The van der Waals surface area contributed by atoms with Crippen LogP contribution in [0, 0.1) is 11.3 Å². The number of amides is 1. The van der Waals surface area contributed by atoms with Gasteiger partial charge < -0.3 is 15.8 Å². The molecule has 4 rings (SSSR count). The highest BCUT2D eigenvalue weighted by Gasteiger charge is 2.43. The molecular formula is C23H21N5O2S. The number of para-hydroxylation sites is 2. The summed E-state index contributed by atoms with van der Waals surface area (Å²) in [5.41, 5.74) is 8.81. The lowest BCUT2D eigenvalue weighted by Gasteiger charge is -2.35. The molecular weight excluding hydrogens is 410 g/mol. The van der Waals surface area contributed by atoms with Gasteiger partial charge in [0.05, 0.1) is 23.9 Å². The molecule has 156 valence electrons. The van der Waals surface area contributed by atoms with Crippen LogP contribution in [0.2, 0.25) is 0 Å². The molecule has 1 atom stereocenters. The molecule has 2 aromatic rings. The van der Waals surface area contributed by atoms with Crippen molar-refractivity contribution in [1.82, 2.24) is 4.90 Å². The molecule has 2 aliphatic rings. The molecule has 0 radical (unpaired) electrons. The summed E-state index contributed by atoms with van der Waals surface area (Å²) < 4.78 is 5.86. The molecule has 0 saturated heterocycles. The summed E-state index contributed by atoms with van der Waals surface area (Å²) in [6.45, 7) is 4.17. The van der Waals surface area contributed by atoms with Crippen LogP contribution in [-0.2, 0) is 4.79 Å². The number of fused-ring (bicyclic) bond motifs is 1. The molecule has 1 amide bonds. The van der Waals surface area contributed by atoms with Gasteiger partial charge in [0.25, 0.3) is 5.91 Å². The van der Waals surface area contributed by atoms with Gasteiger partial charge in [-0.2, -0.15) is 5.26 Å². The Balaban J connectivity index is 1.86. The molecule has 0 unspecified atom stereocenters. The number of allylic oxidation sites excluding steroid dienone is 2. The van der Waals surface area contributed by atoms with Crippen molar-refractivity contribution >= 4 is 28.5 Å². The molecule has 2 heterocycles. The second kappa shape index (κ2) is 8.58. The van der Waals surface area contributed by atoms with E-state index >= 15 is 0 Å². The molecule has 0 aromatic heterocycles. The van der Waals surface area contributed by atoms with Gasteiger partial charge in [0.2, 0.25) is 0 Å². The van der Waals surface area contributed by atoms with Crippen molar-refractivity contribution in [2.75, 3.05) is 11.9 Å². The van der Waals surface area contributed by atoms with Gasteiger partial charge in [-0.3, -0.25) is 9.69 Å². The molecule has 0 bridgehead atoms. The summed E-state index contributed by atoms with van der Waals surface area (Å²) in [4.78, 5) is 20.1. The fraction of sp³-hybridized carbons (Fsp3) is 0.174. The van der Waals surface area contributed by atoms with E-state index in [1.807, 2.05) is 61.5 Å². The molecule has 2 aromatic carbocycles. The monoisotopic (exact) mass is 431 g/mol. The van der Waals surface area contributed by atoms with Crippen molar-refractivity contribution < 1.29 is 9.53 Å². The van der Waals surface area contributed by atoms with E-state index in [1.165, 1.54) is 11.8 Å². The first-order valence-corrected chi connectivity index (χ1v) is 10.6. The minimum atomic E-state index is -0.586. The minimum Gasteiger partial charge on any atom is -0.494 e. The smallest absolute Gasteiger partial charge is 0.255 e. The maximum absolute atomic E-state index is 13.4. The van der Waals surface area contributed by atoms with Gasteiger partial charge in [0, 0.05) is 11.3 Å². The fourth-order valence-corrected chi connectivity index (χ4v) is 4.55. The van der Waals surface area contributed by atoms with Gasteiger partial charge in [0.1, 0.15) is 22.5 Å². The van der Waals surface area contributed by atoms with Crippen LogP contribution >= 0.6 is 11.8 Å². The molecule has 7 nitrogen and oxygen atoms in total. The highest BCUT2D eigenvalue weighted by atomic mass is 32.2. The molecule has 0 saturated carbocycles. The SMILES string of the molecule is CCOc1ccccc1[C@H]1C(C(=O)Nc2ccccc2)=C(C)N=C2SC(C#N)=C(N)N21. The van der Waals surface area contributed by atoms with Gasteiger partial charge in [-0.1, -0.05) is 36.4 Å². The predicted molar refractivity (Wildman–Crippen MR) is 122 cm³/mol. The number of benzene rings is 2. The van der Waals surface area contributed by atoms with E-state index < -0.39 is 6.04 Å². The Hall–Kier alpha value is -3.70. The minimum absolute atomic E-state index is 0.278. The highest BCUT2D eigenvalue weighted by molar-refractivity contribution is 8.17. The highest BCUT2D eigenvalue weighted by Crippen LogP contribution is 2.47. The zero-order valence-electron chi connectivity index (χ0n) is 17.1. The summed E-state index contributed by atoms with van der Waals surface area (Å²) in [6, 6.07) is 18.3. The first-order chi connectivity index (χ1) is 15.0. The Kier molecular flexibility index (Phi) is 5.69. The zero-order chi connectivity index (χ0) is 22.0. The third-order valence-corrected chi connectivity index (χ3v) is 5.94. The first kappa shape index (κ1) is 20.6. The lowest BCUT2D eigenvalue weighted by Crippen LogP contribution is -2.39. The van der Waals surface area contributed by atoms with Crippen molar-refractivity contribution in [2.45, 2.75) is 19.9 Å². The van der Waals surface area contributed by atoms with E-state index in [-0.39, 0.29) is 11.7 Å². The standard InChI is InChI=1S/C23H21N5O2S/c1-3-30-17-12-8-7-11-16(17)20-19(22(29)27-15-9-5-4-6-10-15)14(2)26-23-28(20)21(25)18(13-24)31-23/h4-12,20H,3,25H2,1-2H3,(H,27,29)/t20-/m0/s1. The van der Waals surface area contributed by atoms with Crippen LogP contribution < -0.4 is 15.8 Å². The van der Waals surface area contributed by atoms with E-state index in [0.717, 1.165) is 5.56 Å². The van der Waals surface area contributed by atoms with Crippen LogP contribution in [0.3, 0.4) is 0 Å². The number of rotatable bonds is 5. The Morgan fingerprint density at radius 2 is 1.97 bits per heavy atom. The summed E-state index contributed by atoms with van der Waals surface area (Å²) in [6.07, 6.45) is 0. The molecule has 3 N–H and O–H groups in total. The number of nitriles is 1. The third kappa shape index (κ3) is 3.76. The Labute approximate surface area is 184 Å². The summed E-state index contributed by atoms with van der Waals surface area (Å²) >= 11 is 1.20. The van der Waals surface area contributed by atoms with Crippen LogP contribution in [0.4, 0.5) is 5.69 Å². The lowest BCUT2D eigenvalue weighted by molar-refractivity contribution is -0.113. The Bertz CT molecular complexity index is 1160. The average Bonchev–Trinajstić information content (AvgIpc) is 3.09. The molecule has 0 spiro atoms. The van der Waals surface area contributed by atoms with Crippen molar-refractivity contribution in [1.29, 1.82) is 5.26 Å². The van der Waals surface area contributed by atoms with E-state index in [9.17, 15) is 10.1 Å². The van der Waals surface area contributed by atoms with E-state index in [2.05, 4.69) is 16.4 Å². The third-order valence-electron chi connectivity index (χ3n) is 4.97. The van der Waals surface area contributed by atoms with Crippen molar-refractivity contribution in [3.8, 4) is 11.8 Å². The number of aliphatic imine (C=N–C) groups is 1. The van der Waals surface area contributed by atoms with Crippen molar-refractivity contribution in [3.05, 3.63) is 82.2 Å². The first-order valence-electron chi connectivity index (χ1n) is 9.79. The van der Waals surface area contributed by atoms with Crippen LogP contribution in [0.25, 0.3) is 0 Å². The molecule has 31 heavy (non-hydrogen) atoms. The van der Waals surface area contributed by atoms with E-state index in [1.54, 1.807) is 11.8 Å². The number of nitrogens with zero attached hydrogens (tertiary/aromatic N) is 3. The van der Waals surface area contributed by atoms with Crippen molar-refractivity contribution in [2.24, 2.45) is 10.7 Å². The normalized spacial score (nSPS) is 17.8. The van der Waals surface area contributed by atoms with Crippen LogP contribution in [0.5, 0.6) is 5.75 Å². The number of nitrogens with two attached hydrogens (primary N) is 1. The second-order valence-electron chi connectivity index (χ2n) is 6.89. The Morgan fingerprint density at radius 1 is 1.26 bits per heavy atom. The number of hydrogen-bond donors (Lipinski definition) is 2. The molecule has 8 heteroatoms. The van der Waals surface area contributed by atoms with Crippen LogP contribution in [0.1, 0.15) is 25.5 Å². The molecule has 0 aliphatic carbocycles.